The maximum atomic E-state index is 11.2. The van der Waals surface area contributed by atoms with Crippen LogP contribution < -0.4 is 10.9 Å². The number of primary sulfonamides is 1. The van der Waals surface area contributed by atoms with Crippen molar-refractivity contribution in [3.63, 3.8) is 0 Å². The van der Waals surface area contributed by atoms with Crippen LogP contribution in [0.25, 0.3) is 11.1 Å². The van der Waals surface area contributed by atoms with Crippen molar-refractivity contribution >= 4 is 27.3 Å². The van der Waals surface area contributed by atoms with Crippen molar-refractivity contribution < 1.29 is 13.2 Å². The number of primary amides is 1. The molecule has 1 aromatic carbocycles. The summed E-state index contributed by atoms with van der Waals surface area (Å²) in [4.78, 5) is 11.7. The minimum Gasteiger partial charge on any atom is -0.365 e. The van der Waals surface area contributed by atoms with E-state index in [1.54, 1.807) is 23.6 Å². The predicted octanol–water partition coefficient (Wildman–Crippen LogP) is 1.16. The van der Waals surface area contributed by atoms with Gasteiger partial charge < -0.3 is 5.73 Å². The lowest BCUT2D eigenvalue weighted by molar-refractivity contribution is 0.100. The Kier molecular flexibility index (Phi) is 3.20. The number of hydrogen-bond donors (Lipinski definition) is 2. The maximum Gasteiger partial charge on any atom is 0.259 e. The molecule has 5 nitrogen and oxygen atoms in total. The van der Waals surface area contributed by atoms with E-state index in [2.05, 4.69) is 0 Å². The second-order valence-electron chi connectivity index (χ2n) is 3.60. The quantitative estimate of drug-likeness (QED) is 0.882. The van der Waals surface area contributed by atoms with Crippen molar-refractivity contribution in [3.8, 4) is 11.1 Å². The van der Waals surface area contributed by atoms with Gasteiger partial charge in [-0.3, -0.25) is 4.79 Å². The molecule has 2 rings (SSSR count). The van der Waals surface area contributed by atoms with Crippen LogP contribution in [0.5, 0.6) is 0 Å². The molecule has 0 aliphatic carbocycles. The molecular weight excluding hydrogens is 272 g/mol. The van der Waals surface area contributed by atoms with Gasteiger partial charge in [-0.15, -0.1) is 11.3 Å². The third-order valence-corrected chi connectivity index (χ3v) is 4.24. The van der Waals surface area contributed by atoms with Crippen molar-refractivity contribution in [2.24, 2.45) is 10.9 Å². The fourth-order valence-electron chi connectivity index (χ4n) is 1.55. The SMILES string of the molecule is NC(=O)c1sccc1-c1ccc(S(N)(=O)=O)cc1. The van der Waals surface area contributed by atoms with Gasteiger partial charge in [0, 0.05) is 5.56 Å². The number of benzene rings is 1. The highest BCUT2D eigenvalue weighted by Crippen LogP contribution is 2.28. The van der Waals surface area contributed by atoms with E-state index in [0.717, 1.165) is 5.56 Å². The molecule has 4 N–H and O–H groups in total. The van der Waals surface area contributed by atoms with Gasteiger partial charge in [0.2, 0.25) is 10.0 Å². The van der Waals surface area contributed by atoms with E-state index in [-0.39, 0.29) is 4.90 Å². The highest BCUT2D eigenvalue weighted by atomic mass is 32.2. The Morgan fingerprint density at radius 3 is 2.22 bits per heavy atom. The minimum absolute atomic E-state index is 0.0297. The smallest absolute Gasteiger partial charge is 0.259 e. The Morgan fingerprint density at radius 1 is 1.11 bits per heavy atom. The molecule has 0 saturated carbocycles. The maximum absolute atomic E-state index is 11.2. The number of thiophene rings is 1. The molecule has 0 aliphatic heterocycles. The number of carbonyl (C=O) groups is 1. The highest BCUT2D eigenvalue weighted by molar-refractivity contribution is 7.89. The summed E-state index contributed by atoms with van der Waals surface area (Å²) in [6.45, 7) is 0. The van der Waals surface area contributed by atoms with Crippen molar-refractivity contribution in [3.05, 3.63) is 40.6 Å². The highest BCUT2D eigenvalue weighted by Gasteiger charge is 2.13. The van der Waals surface area contributed by atoms with Gasteiger partial charge in [0.25, 0.3) is 5.91 Å². The van der Waals surface area contributed by atoms with E-state index in [4.69, 9.17) is 10.9 Å². The van der Waals surface area contributed by atoms with E-state index in [9.17, 15) is 13.2 Å². The molecule has 0 fully saturated rings. The molecule has 7 heteroatoms. The fourth-order valence-corrected chi connectivity index (χ4v) is 2.84. The molecule has 1 aromatic heterocycles. The van der Waals surface area contributed by atoms with Crippen LogP contribution in [0, 0.1) is 0 Å². The largest absolute Gasteiger partial charge is 0.365 e. The molecule has 94 valence electrons. The van der Waals surface area contributed by atoms with Crippen molar-refractivity contribution in [2.75, 3.05) is 0 Å². The zero-order valence-corrected chi connectivity index (χ0v) is 10.8. The van der Waals surface area contributed by atoms with Gasteiger partial charge in [0.15, 0.2) is 0 Å². The summed E-state index contributed by atoms with van der Waals surface area (Å²) in [5.74, 6) is -0.504. The van der Waals surface area contributed by atoms with Crippen LogP contribution >= 0.6 is 11.3 Å². The first-order chi connectivity index (χ1) is 8.39. The van der Waals surface area contributed by atoms with E-state index >= 15 is 0 Å². The summed E-state index contributed by atoms with van der Waals surface area (Å²) >= 11 is 1.24. The van der Waals surface area contributed by atoms with E-state index in [1.165, 1.54) is 23.5 Å². The average Bonchev–Trinajstić information content (AvgIpc) is 2.77. The van der Waals surface area contributed by atoms with Gasteiger partial charge in [-0.1, -0.05) is 12.1 Å². The molecule has 0 aliphatic rings. The molecule has 1 amide bonds. The summed E-state index contributed by atoms with van der Waals surface area (Å²) in [6.07, 6.45) is 0. The first-order valence-electron chi connectivity index (χ1n) is 4.90. The van der Waals surface area contributed by atoms with Crippen LogP contribution in [-0.4, -0.2) is 14.3 Å². The molecule has 1 heterocycles. The number of rotatable bonds is 3. The standard InChI is InChI=1S/C11H10N2O3S2/c12-11(14)10-9(5-6-17-10)7-1-3-8(4-2-7)18(13,15)16/h1-6H,(H2,12,14)(H2,13,15,16). The molecule has 2 aromatic rings. The molecular formula is C11H10N2O3S2. The summed E-state index contributed by atoms with van der Waals surface area (Å²) in [6, 6.07) is 7.74. The Bertz CT molecular complexity index is 687. The van der Waals surface area contributed by atoms with Crippen LogP contribution in [0.2, 0.25) is 0 Å². The van der Waals surface area contributed by atoms with Gasteiger partial charge in [-0.2, -0.15) is 0 Å². The molecule has 0 atom stereocenters. The van der Waals surface area contributed by atoms with Gasteiger partial charge in [0.1, 0.15) is 0 Å². The second-order valence-corrected chi connectivity index (χ2v) is 6.07. The van der Waals surface area contributed by atoms with Crippen molar-refractivity contribution in [2.45, 2.75) is 4.90 Å². The lowest BCUT2D eigenvalue weighted by atomic mass is 10.1. The van der Waals surface area contributed by atoms with Gasteiger partial charge in [-0.05, 0) is 29.1 Å². The first kappa shape index (κ1) is 12.7. The van der Waals surface area contributed by atoms with Crippen LogP contribution in [-0.2, 0) is 10.0 Å². The van der Waals surface area contributed by atoms with Crippen LogP contribution in [0.4, 0.5) is 0 Å². The third kappa shape index (κ3) is 2.42. The average molecular weight is 282 g/mol. The molecule has 0 spiro atoms. The monoisotopic (exact) mass is 282 g/mol. The summed E-state index contributed by atoms with van der Waals surface area (Å²) in [5.41, 5.74) is 6.66. The van der Waals surface area contributed by atoms with Gasteiger partial charge in [-0.25, -0.2) is 13.6 Å². The normalized spacial score (nSPS) is 11.4. The molecule has 0 unspecified atom stereocenters. The predicted molar refractivity (Wildman–Crippen MR) is 69.6 cm³/mol. The van der Waals surface area contributed by atoms with E-state index < -0.39 is 15.9 Å². The Hall–Kier alpha value is -1.70. The zero-order valence-electron chi connectivity index (χ0n) is 9.16. The fraction of sp³-hybridized carbons (Fsp3) is 0. The van der Waals surface area contributed by atoms with Crippen molar-refractivity contribution in [1.82, 2.24) is 0 Å². The Labute approximate surface area is 108 Å². The van der Waals surface area contributed by atoms with E-state index in [0.29, 0.717) is 10.4 Å². The number of carbonyl (C=O) groups excluding carboxylic acids is 1. The van der Waals surface area contributed by atoms with Crippen LogP contribution in [0.1, 0.15) is 9.67 Å². The number of sulfonamides is 1. The Balaban J connectivity index is 2.47. The summed E-state index contributed by atoms with van der Waals surface area (Å²) in [5, 5.41) is 6.76. The van der Waals surface area contributed by atoms with E-state index in [1.807, 2.05) is 0 Å². The molecule has 0 bridgehead atoms. The topological polar surface area (TPSA) is 103 Å². The molecule has 0 radical (unpaired) electrons. The molecule has 18 heavy (non-hydrogen) atoms. The van der Waals surface area contributed by atoms with Gasteiger partial charge in [0.05, 0.1) is 9.77 Å². The second kappa shape index (κ2) is 4.52. The molecule has 0 saturated heterocycles. The third-order valence-electron chi connectivity index (χ3n) is 2.38. The van der Waals surface area contributed by atoms with Crippen molar-refractivity contribution in [1.29, 1.82) is 0 Å². The Morgan fingerprint density at radius 2 is 1.72 bits per heavy atom. The van der Waals surface area contributed by atoms with Crippen LogP contribution in [0.15, 0.2) is 40.6 Å². The summed E-state index contributed by atoms with van der Waals surface area (Å²) in [7, 11) is -3.70. The summed E-state index contributed by atoms with van der Waals surface area (Å²) < 4.78 is 22.2. The lowest BCUT2D eigenvalue weighted by Gasteiger charge is -2.03. The lowest BCUT2D eigenvalue weighted by Crippen LogP contribution is -2.12. The minimum atomic E-state index is -3.70. The number of hydrogen-bond acceptors (Lipinski definition) is 4. The number of amides is 1. The first-order valence-corrected chi connectivity index (χ1v) is 7.33. The van der Waals surface area contributed by atoms with Gasteiger partial charge >= 0.3 is 0 Å². The number of nitrogens with two attached hydrogens (primary N) is 2. The zero-order chi connectivity index (χ0) is 13.3. The van der Waals surface area contributed by atoms with Crippen LogP contribution in [0.3, 0.4) is 0 Å².